The van der Waals surface area contributed by atoms with Gasteiger partial charge in [0.05, 0.1) is 21.0 Å². The van der Waals surface area contributed by atoms with Gasteiger partial charge in [-0.15, -0.1) is 0 Å². The van der Waals surface area contributed by atoms with Crippen LogP contribution in [0.5, 0.6) is 0 Å². The molecule has 0 saturated carbocycles. The van der Waals surface area contributed by atoms with Crippen LogP contribution in [0.3, 0.4) is 0 Å². The molecule has 0 fully saturated rings. The zero-order valence-electron chi connectivity index (χ0n) is 14.9. The average molecular weight is 433 g/mol. The fourth-order valence-corrected chi connectivity index (χ4v) is 2.68. The Kier molecular flexibility index (Phi) is 11.9. The van der Waals surface area contributed by atoms with Crippen molar-refractivity contribution in [3.63, 3.8) is 0 Å². The maximum absolute atomic E-state index is 11.0. The summed E-state index contributed by atoms with van der Waals surface area (Å²) in [6, 6.07) is 13.0. The van der Waals surface area contributed by atoms with E-state index in [4.69, 9.17) is 0 Å². The number of aliphatic hydroxyl groups is 1. The van der Waals surface area contributed by atoms with Gasteiger partial charge in [-0.2, -0.15) is 0 Å². The van der Waals surface area contributed by atoms with Gasteiger partial charge in [0.2, 0.25) is 0 Å². The molecule has 0 saturated heterocycles. The molecule has 0 aliphatic carbocycles. The topological polar surface area (TPSA) is 140 Å². The molecule has 0 aliphatic rings. The SMILES string of the molecule is O=[N+]([O-])c1ccccc1C[NH2+]CC(O)C[NH2+]Cc1ccccc1[N+](=O)[O-].[Cl-].[Cl-]. The van der Waals surface area contributed by atoms with E-state index in [1.165, 1.54) is 12.1 Å². The quantitative estimate of drug-likeness (QED) is 0.253. The molecule has 0 spiro atoms. The molecule has 0 radical (unpaired) electrons. The number of hydrogen-bond donors (Lipinski definition) is 3. The van der Waals surface area contributed by atoms with Crippen molar-refractivity contribution < 1.29 is 50.4 Å². The molecular weight excluding hydrogens is 411 g/mol. The van der Waals surface area contributed by atoms with Crippen molar-refractivity contribution in [1.82, 2.24) is 0 Å². The number of halogens is 2. The van der Waals surface area contributed by atoms with E-state index in [2.05, 4.69) is 0 Å². The van der Waals surface area contributed by atoms with Gasteiger partial charge in [0.1, 0.15) is 26.2 Å². The largest absolute Gasteiger partial charge is 1.00 e. The molecule has 2 rings (SSSR count). The Hall–Kier alpha value is -2.30. The highest BCUT2D eigenvalue weighted by molar-refractivity contribution is 5.39. The zero-order chi connectivity index (χ0) is 18.9. The number of rotatable bonds is 10. The molecule has 0 amide bonds. The number of nitrogens with zero attached hydrogens (tertiary/aromatic N) is 2. The molecule has 28 heavy (non-hydrogen) atoms. The minimum Gasteiger partial charge on any atom is -1.00 e. The summed E-state index contributed by atoms with van der Waals surface area (Å²) in [5.74, 6) is 0. The van der Waals surface area contributed by atoms with Gasteiger partial charge >= 0.3 is 0 Å². The van der Waals surface area contributed by atoms with Crippen molar-refractivity contribution in [2.75, 3.05) is 13.1 Å². The Morgan fingerprint density at radius 1 is 0.786 bits per heavy atom. The Morgan fingerprint density at radius 3 is 1.50 bits per heavy atom. The number of hydrogen-bond acceptors (Lipinski definition) is 5. The highest BCUT2D eigenvalue weighted by Gasteiger charge is 2.17. The standard InChI is InChI=1S/C17H20N4O5.2ClH/c22-15(11-18-9-13-5-1-3-7-16(13)20(23)24)12-19-10-14-6-2-4-8-17(14)21(25)26;;/h1-8,15,18-19,22H,9-12H2;2*1H. The Bertz CT molecular complexity index is 715. The summed E-state index contributed by atoms with van der Waals surface area (Å²) in [6.07, 6.45) is -0.625. The van der Waals surface area contributed by atoms with Gasteiger partial charge in [-0.3, -0.25) is 20.2 Å². The van der Waals surface area contributed by atoms with E-state index in [9.17, 15) is 25.3 Å². The van der Waals surface area contributed by atoms with E-state index in [0.717, 1.165) is 0 Å². The van der Waals surface area contributed by atoms with Crippen molar-refractivity contribution in [1.29, 1.82) is 0 Å². The first-order valence-electron chi connectivity index (χ1n) is 8.25. The number of benzene rings is 2. The molecule has 154 valence electrons. The van der Waals surface area contributed by atoms with Crippen molar-refractivity contribution in [3.8, 4) is 0 Å². The van der Waals surface area contributed by atoms with E-state index < -0.39 is 16.0 Å². The highest BCUT2D eigenvalue weighted by atomic mass is 35.5. The second-order valence-electron chi connectivity index (χ2n) is 5.88. The maximum Gasteiger partial charge on any atom is 0.278 e. The van der Waals surface area contributed by atoms with Crippen LogP contribution in [0.1, 0.15) is 11.1 Å². The summed E-state index contributed by atoms with van der Waals surface area (Å²) in [4.78, 5) is 21.1. The smallest absolute Gasteiger partial charge is 0.278 e. The van der Waals surface area contributed by atoms with Crippen LogP contribution in [0, 0.1) is 20.2 Å². The van der Waals surface area contributed by atoms with Crippen LogP contribution >= 0.6 is 0 Å². The Labute approximate surface area is 174 Å². The minimum absolute atomic E-state index is 0. The van der Waals surface area contributed by atoms with Gasteiger partial charge < -0.3 is 40.6 Å². The summed E-state index contributed by atoms with van der Waals surface area (Å²) in [5.41, 5.74) is 1.35. The number of nitro benzene ring substituents is 2. The monoisotopic (exact) mass is 432 g/mol. The molecule has 2 aromatic rings. The number of nitro groups is 2. The third-order valence-electron chi connectivity index (χ3n) is 3.98. The van der Waals surface area contributed by atoms with E-state index in [1.807, 2.05) is 10.6 Å². The second kappa shape index (κ2) is 13.0. The lowest BCUT2D eigenvalue weighted by atomic mass is 10.1. The summed E-state index contributed by atoms with van der Waals surface area (Å²) >= 11 is 0. The fourth-order valence-electron chi connectivity index (χ4n) is 2.68. The molecular formula is C17H22Cl2N4O5. The van der Waals surface area contributed by atoms with Crippen molar-refractivity contribution in [2.24, 2.45) is 0 Å². The van der Waals surface area contributed by atoms with E-state index >= 15 is 0 Å². The molecule has 0 aliphatic heterocycles. The summed E-state index contributed by atoms with van der Waals surface area (Å²) in [7, 11) is 0. The molecule has 0 atom stereocenters. The normalized spacial score (nSPS) is 10.1. The van der Waals surface area contributed by atoms with Crippen LogP contribution in [0.25, 0.3) is 0 Å². The van der Waals surface area contributed by atoms with Crippen LogP contribution in [-0.4, -0.2) is 34.1 Å². The van der Waals surface area contributed by atoms with Crippen molar-refractivity contribution in [3.05, 3.63) is 79.9 Å². The third kappa shape index (κ3) is 7.75. The maximum atomic E-state index is 11.0. The first-order valence-corrected chi connectivity index (χ1v) is 8.25. The predicted octanol–water partition coefficient (Wildman–Crippen LogP) is -6.30. The zero-order valence-corrected chi connectivity index (χ0v) is 16.4. The molecule has 0 bridgehead atoms. The molecule has 0 heterocycles. The van der Waals surface area contributed by atoms with Crippen LogP contribution in [-0.2, 0) is 13.1 Å². The second-order valence-corrected chi connectivity index (χ2v) is 5.88. The fraction of sp³-hybridized carbons (Fsp3) is 0.294. The summed E-state index contributed by atoms with van der Waals surface area (Å²) < 4.78 is 0. The molecule has 2 aromatic carbocycles. The first-order chi connectivity index (χ1) is 12.5. The van der Waals surface area contributed by atoms with Crippen LogP contribution in [0.2, 0.25) is 0 Å². The lowest BCUT2D eigenvalue weighted by Gasteiger charge is -2.09. The average Bonchev–Trinajstić information content (AvgIpc) is 2.62. The lowest BCUT2D eigenvalue weighted by molar-refractivity contribution is -0.705. The summed E-state index contributed by atoms with van der Waals surface area (Å²) in [6.45, 7) is 1.58. The van der Waals surface area contributed by atoms with Crippen LogP contribution in [0.4, 0.5) is 11.4 Å². The molecule has 0 aromatic heterocycles. The van der Waals surface area contributed by atoms with E-state index in [-0.39, 0.29) is 36.2 Å². The Balaban J connectivity index is 0.00000364. The Morgan fingerprint density at radius 2 is 1.14 bits per heavy atom. The molecule has 0 unspecified atom stereocenters. The number of aliphatic hydroxyl groups excluding tert-OH is 1. The van der Waals surface area contributed by atoms with E-state index in [1.54, 1.807) is 36.4 Å². The van der Waals surface area contributed by atoms with Gasteiger partial charge in [0.25, 0.3) is 11.4 Å². The molecule has 9 nitrogen and oxygen atoms in total. The number of quaternary nitrogens is 2. The predicted molar refractivity (Wildman–Crippen MR) is 93.2 cm³/mol. The van der Waals surface area contributed by atoms with Gasteiger partial charge in [-0.25, -0.2) is 0 Å². The highest BCUT2D eigenvalue weighted by Crippen LogP contribution is 2.16. The lowest BCUT2D eigenvalue weighted by Crippen LogP contribution is -3.00. The number of para-hydroxylation sites is 2. The van der Waals surface area contributed by atoms with Gasteiger partial charge in [-0.1, -0.05) is 24.3 Å². The first kappa shape index (κ1) is 25.7. The third-order valence-corrected chi connectivity index (χ3v) is 3.98. The van der Waals surface area contributed by atoms with Crippen molar-refractivity contribution >= 4 is 11.4 Å². The molecule has 5 N–H and O–H groups in total. The van der Waals surface area contributed by atoms with Gasteiger partial charge in [0, 0.05) is 12.1 Å². The molecule has 11 heteroatoms. The minimum atomic E-state index is -0.625. The van der Waals surface area contributed by atoms with Crippen molar-refractivity contribution in [2.45, 2.75) is 19.2 Å². The van der Waals surface area contributed by atoms with Gasteiger partial charge in [0.15, 0.2) is 6.10 Å². The van der Waals surface area contributed by atoms with Crippen LogP contribution < -0.4 is 35.4 Å². The van der Waals surface area contributed by atoms with Gasteiger partial charge in [-0.05, 0) is 12.1 Å². The summed E-state index contributed by atoms with van der Waals surface area (Å²) in [5, 5.41) is 35.6. The number of nitrogens with two attached hydrogens (primary N) is 2. The van der Waals surface area contributed by atoms with Crippen LogP contribution in [0.15, 0.2) is 48.5 Å². The van der Waals surface area contributed by atoms with E-state index in [0.29, 0.717) is 37.3 Å².